The third kappa shape index (κ3) is 7.89. The number of aromatic nitrogens is 3. The van der Waals surface area contributed by atoms with E-state index >= 15 is 8.78 Å². The van der Waals surface area contributed by atoms with Crippen molar-refractivity contribution in [3.05, 3.63) is 47.9 Å². The van der Waals surface area contributed by atoms with E-state index in [2.05, 4.69) is 15.3 Å². The summed E-state index contributed by atoms with van der Waals surface area (Å²) in [6, 6.07) is 5.07. The second kappa shape index (κ2) is 12.2. The highest BCUT2D eigenvalue weighted by Crippen LogP contribution is 2.43. The lowest BCUT2D eigenvalue weighted by Gasteiger charge is -2.34. The number of para-hydroxylation sites is 1. The number of hydrogen-bond donors (Lipinski definition) is 1. The van der Waals surface area contributed by atoms with E-state index in [0.717, 1.165) is 10.8 Å². The maximum absolute atomic E-state index is 16.0. The molecule has 2 aromatic heterocycles. The summed E-state index contributed by atoms with van der Waals surface area (Å²) in [5.74, 6) is -0.568. The van der Waals surface area contributed by atoms with Gasteiger partial charge in [-0.1, -0.05) is 18.2 Å². The number of anilines is 1. The number of benzene rings is 1. The van der Waals surface area contributed by atoms with Gasteiger partial charge in [-0.2, -0.15) is 22.0 Å². The Bertz CT molecular complexity index is 1610. The lowest BCUT2D eigenvalue weighted by molar-refractivity contribution is -0.140. The summed E-state index contributed by atoms with van der Waals surface area (Å²) in [5, 5.41) is -2.01. The largest absolute Gasteiger partial charge is 0.444 e. The van der Waals surface area contributed by atoms with Gasteiger partial charge < -0.3 is 19.7 Å². The van der Waals surface area contributed by atoms with Gasteiger partial charge >= 0.3 is 23.6 Å². The standard InChI is InChI=1S/C29H34F5N5O5S/c1-26(2,3)43-24(40)38-13-9-10-17(15-38)36-23-35-14-19(28(30,31)32)22(37-23)29(33,34)45(42)21-16-39(25(41)44-27(4,5)6)20-12-8-7-11-18(20)21/h7-8,11-12,14,16-17H,9-10,13,15H2,1-6H3,(H,35,36,37)/t17-,45?/m0/s1. The highest BCUT2D eigenvalue weighted by Gasteiger charge is 2.50. The Morgan fingerprint density at radius 2 is 1.60 bits per heavy atom. The van der Waals surface area contributed by atoms with Crippen LogP contribution in [-0.4, -0.2) is 66.2 Å². The minimum Gasteiger partial charge on any atom is -0.444 e. The number of halogens is 5. The van der Waals surface area contributed by atoms with Crippen LogP contribution < -0.4 is 5.32 Å². The molecule has 45 heavy (non-hydrogen) atoms. The van der Waals surface area contributed by atoms with Gasteiger partial charge in [0, 0.05) is 36.9 Å². The molecule has 0 saturated carbocycles. The Labute approximate surface area is 258 Å². The summed E-state index contributed by atoms with van der Waals surface area (Å²) < 4.78 is 99.0. The summed E-state index contributed by atoms with van der Waals surface area (Å²) in [6.07, 6.45) is -4.88. The van der Waals surface area contributed by atoms with Crippen molar-refractivity contribution in [3.8, 4) is 0 Å². The number of hydrogen-bond acceptors (Lipinski definition) is 8. The average Bonchev–Trinajstić information content (AvgIpc) is 3.30. The van der Waals surface area contributed by atoms with Gasteiger partial charge in [0.25, 0.3) is 0 Å². The van der Waals surface area contributed by atoms with Crippen LogP contribution in [0.25, 0.3) is 10.9 Å². The number of nitrogens with one attached hydrogen (secondary N) is 1. The van der Waals surface area contributed by atoms with Crippen LogP contribution in [-0.2, 0) is 31.7 Å². The number of ether oxygens (including phenoxy) is 2. The van der Waals surface area contributed by atoms with Gasteiger partial charge in [0.1, 0.15) is 33.3 Å². The van der Waals surface area contributed by atoms with Crippen molar-refractivity contribution in [2.75, 3.05) is 18.4 Å². The molecule has 1 N–H and O–H groups in total. The molecule has 1 aliphatic heterocycles. The molecule has 1 fully saturated rings. The maximum Gasteiger partial charge on any atom is 0.419 e. The van der Waals surface area contributed by atoms with Crippen LogP contribution in [0.2, 0.25) is 0 Å². The zero-order chi connectivity index (χ0) is 33.5. The maximum atomic E-state index is 16.0. The second-order valence-electron chi connectivity index (χ2n) is 12.5. The molecular formula is C29H34F5N5O5S. The topological polar surface area (TPSA) is 116 Å². The summed E-state index contributed by atoms with van der Waals surface area (Å²) >= 11 is 0. The number of nitrogens with zero attached hydrogens (tertiary/aromatic N) is 4. The highest BCUT2D eigenvalue weighted by molar-refractivity contribution is 7.86. The van der Waals surface area contributed by atoms with Crippen molar-refractivity contribution >= 4 is 39.8 Å². The Kier molecular flexibility index (Phi) is 9.21. The van der Waals surface area contributed by atoms with Gasteiger partial charge in [0.05, 0.1) is 10.4 Å². The third-order valence-electron chi connectivity index (χ3n) is 6.47. The van der Waals surface area contributed by atoms with Crippen LogP contribution in [0.3, 0.4) is 0 Å². The molecule has 1 amide bonds. The number of fused-ring (bicyclic) bond motifs is 1. The van der Waals surface area contributed by atoms with Crippen LogP contribution in [0, 0.1) is 0 Å². The number of carbonyl (C=O) groups is 2. The Morgan fingerprint density at radius 1 is 0.978 bits per heavy atom. The molecule has 1 aliphatic rings. The minimum absolute atomic E-state index is 0.0493. The molecule has 0 aliphatic carbocycles. The van der Waals surface area contributed by atoms with E-state index in [9.17, 15) is 27.0 Å². The highest BCUT2D eigenvalue weighted by atomic mass is 32.2. The van der Waals surface area contributed by atoms with Crippen molar-refractivity contribution in [2.24, 2.45) is 0 Å². The van der Waals surface area contributed by atoms with E-state index in [1.54, 1.807) is 41.5 Å². The first-order valence-electron chi connectivity index (χ1n) is 14.0. The molecular weight excluding hydrogens is 625 g/mol. The van der Waals surface area contributed by atoms with Crippen molar-refractivity contribution in [3.63, 3.8) is 0 Å². The molecule has 0 bridgehead atoms. The zero-order valence-corrected chi connectivity index (χ0v) is 26.3. The molecule has 0 spiro atoms. The molecule has 1 saturated heterocycles. The number of carbonyl (C=O) groups excluding carboxylic acids is 2. The first-order chi connectivity index (χ1) is 20.7. The number of alkyl halides is 5. The predicted octanol–water partition coefficient (Wildman–Crippen LogP) is 6.90. The Morgan fingerprint density at radius 3 is 2.22 bits per heavy atom. The number of piperidine rings is 1. The third-order valence-corrected chi connectivity index (χ3v) is 7.86. The summed E-state index contributed by atoms with van der Waals surface area (Å²) in [5.41, 5.74) is -5.33. The number of amides is 1. The van der Waals surface area contributed by atoms with E-state index in [1.165, 1.54) is 29.2 Å². The SMILES string of the molecule is CC(C)(C)OC(=O)N1CCC[C@H](Nc2ncc(C(F)(F)F)c(C(F)(F)S(=O)c3cn(C(=O)OC(C)(C)C)c4ccccc34)n2)C1. The van der Waals surface area contributed by atoms with Gasteiger partial charge in [0.15, 0.2) is 0 Å². The van der Waals surface area contributed by atoms with Crippen LogP contribution >= 0.6 is 0 Å². The Hall–Kier alpha value is -3.82. The van der Waals surface area contributed by atoms with Crippen LogP contribution in [0.1, 0.15) is 65.6 Å². The number of rotatable bonds is 5. The predicted molar refractivity (Wildman–Crippen MR) is 155 cm³/mol. The lowest BCUT2D eigenvalue weighted by Crippen LogP contribution is -2.47. The molecule has 10 nitrogen and oxygen atoms in total. The Balaban J connectivity index is 1.69. The van der Waals surface area contributed by atoms with E-state index in [1.807, 2.05) is 0 Å². The lowest BCUT2D eigenvalue weighted by atomic mass is 10.1. The van der Waals surface area contributed by atoms with Crippen molar-refractivity contribution in [2.45, 2.75) is 88.0 Å². The van der Waals surface area contributed by atoms with Crippen LogP contribution in [0.4, 0.5) is 37.5 Å². The van der Waals surface area contributed by atoms with Gasteiger partial charge in [-0.05, 0) is 60.5 Å². The van der Waals surface area contributed by atoms with E-state index < -0.39 is 73.8 Å². The molecule has 2 atom stereocenters. The fourth-order valence-corrected chi connectivity index (χ4v) is 5.82. The number of likely N-dealkylation sites (tertiary alicyclic amines) is 1. The van der Waals surface area contributed by atoms with E-state index in [-0.39, 0.29) is 23.6 Å². The normalized spacial score (nSPS) is 17.2. The molecule has 246 valence electrons. The molecule has 0 radical (unpaired) electrons. The van der Waals surface area contributed by atoms with Crippen molar-refractivity contribution in [1.29, 1.82) is 0 Å². The minimum atomic E-state index is -5.32. The van der Waals surface area contributed by atoms with Gasteiger partial charge in [0.2, 0.25) is 5.95 Å². The fourth-order valence-electron chi connectivity index (χ4n) is 4.63. The second-order valence-corrected chi connectivity index (χ2v) is 14.0. The van der Waals surface area contributed by atoms with Crippen LogP contribution in [0.5, 0.6) is 0 Å². The molecule has 4 rings (SSSR count). The van der Waals surface area contributed by atoms with Gasteiger partial charge in [-0.25, -0.2) is 23.8 Å². The molecule has 3 heterocycles. The monoisotopic (exact) mass is 659 g/mol. The van der Waals surface area contributed by atoms with Crippen molar-refractivity contribution in [1.82, 2.24) is 19.4 Å². The molecule has 16 heteroatoms. The average molecular weight is 660 g/mol. The first-order valence-corrected chi connectivity index (χ1v) is 15.1. The molecule has 1 unspecified atom stereocenters. The van der Waals surface area contributed by atoms with Crippen LogP contribution in [0.15, 0.2) is 41.6 Å². The molecule has 3 aromatic rings. The summed E-state index contributed by atoms with van der Waals surface area (Å²) in [7, 11) is -3.47. The van der Waals surface area contributed by atoms with Gasteiger partial charge in [-0.15, -0.1) is 0 Å². The summed E-state index contributed by atoms with van der Waals surface area (Å²) in [6.45, 7) is 10.3. The van der Waals surface area contributed by atoms with Gasteiger partial charge in [-0.3, -0.25) is 4.57 Å². The summed E-state index contributed by atoms with van der Waals surface area (Å²) in [4.78, 5) is 33.3. The van der Waals surface area contributed by atoms with E-state index in [0.29, 0.717) is 19.4 Å². The first kappa shape index (κ1) is 34.1. The molecule has 1 aromatic carbocycles. The van der Waals surface area contributed by atoms with Crippen molar-refractivity contribution < 1.29 is 45.2 Å². The van der Waals surface area contributed by atoms with E-state index in [4.69, 9.17) is 9.47 Å². The fraction of sp³-hybridized carbons (Fsp3) is 0.517. The smallest absolute Gasteiger partial charge is 0.419 e. The quantitative estimate of drug-likeness (QED) is 0.294. The zero-order valence-electron chi connectivity index (χ0n) is 25.5.